The lowest BCUT2D eigenvalue weighted by molar-refractivity contribution is 0.601. The fourth-order valence-electron chi connectivity index (χ4n) is 1.62. The van der Waals surface area contributed by atoms with Gasteiger partial charge in [-0.1, -0.05) is 0 Å². The van der Waals surface area contributed by atoms with E-state index in [1.54, 1.807) is 6.20 Å². The number of nitrogens with zero attached hydrogens (tertiary/aromatic N) is 3. The highest BCUT2D eigenvalue weighted by molar-refractivity contribution is 5.48. The van der Waals surface area contributed by atoms with E-state index in [-0.39, 0.29) is 6.04 Å². The van der Waals surface area contributed by atoms with Crippen molar-refractivity contribution in [3.63, 3.8) is 0 Å². The van der Waals surface area contributed by atoms with Crippen molar-refractivity contribution in [1.82, 2.24) is 25.6 Å². The molecule has 0 spiro atoms. The lowest BCUT2D eigenvalue weighted by Gasteiger charge is -2.17. The smallest absolute Gasteiger partial charge is 0.147 e. The first-order valence-corrected chi connectivity index (χ1v) is 4.76. The number of nitrogen functional groups attached to an aromatic ring is 1. The summed E-state index contributed by atoms with van der Waals surface area (Å²) < 4.78 is 0. The van der Waals surface area contributed by atoms with Crippen LogP contribution < -0.4 is 17.0 Å². The van der Waals surface area contributed by atoms with Crippen LogP contribution in [-0.2, 0) is 0 Å². The zero-order chi connectivity index (χ0) is 11.5. The van der Waals surface area contributed by atoms with Gasteiger partial charge >= 0.3 is 0 Å². The minimum Gasteiger partial charge on any atom is -0.383 e. The number of nitrogens with one attached hydrogen (secondary N) is 2. The highest BCUT2D eigenvalue weighted by Crippen LogP contribution is 2.25. The van der Waals surface area contributed by atoms with Crippen LogP contribution in [0.5, 0.6) is 0 Å². The van der Waals surface area contributed by atoms with Crippen LogP contribution in [0.3, 0.4) is 0 Å². The summed E-state index contributed by atoms with van der Waals surface area (Å²) in [6, 6.07) is 1.53. The predicted molar refractivity (Wildman–Crippen MR) is 58.9 cm³/mol. The van der Waals surface area contributed by atoms with Crippen molar-refractivity contribution in [3.05, 3.63) is 35.5 Å². The maximum Gasteiger partial charge on any atom is 0.147 e. The minimum absolute atomic E-state index is 0.337. The number of aromatic nitrogens is 4. The molecule has 0 aliphatic rings. The highest BCUT2D eigenvalue weighted by Gasteiger charge is 2.20. The topological polar surface area (TPSA) is 119 Å². The van der Waals surface area contributed by atoms with Crippen molar-refractivity contribution >= 4 is 5.82 Å². The molecule has 16 heavy (non-hydrogen) atoms. The van der Waals surface area contributed by atoms with E-state index < -0.39 is 0 Å². The molecular weight excluding hydrogens is 206 g/mol. The first-order chi connectivity index (χ1) is 7.74. The van der Waals surface area contributed by atoms with Gasteiger partial charge in [-0.2, -0.15) is 5.10 Å². The van der Waals surface area contributed by atoms with Gasteiger partial charge in [-0.3, -0.25) is 10.9 Å². The summed E-state index contributed by atoms with van der Waals surface area (Å²) in [7, 11) is 0. The number of hydrogen-bond donors (Lipinski definition) is 4. The number of nitrogens with two attached hydrogens (primary N) is 2. The highest BCUT2D eigenvalue weighted by atomic mass is 15.3. The number of aromatic amines is 1. The second-order valence-corrected chi connectivity index (χ2v) is 3.40. The van der Waals surface area contributed by atoms with Crippen LogP contribution in [-0.4, -0.2) is 20.2 Å². The van der Waals surface area contributed by atoms with Crippen molar-refractivity contribution in [2.24, 2.45) is 5.84 Å². The van der Waals surface area contributed by atoms with Gasteiger partial charge in [0.2, 0.25) is 0 Å². The Balaban J connectivity index is 2.49. The molecule has 0 saturated heterocycles. The standard InChI is InChI=1S/C9H13N7/c1-5-2-3-12-8(10)6(5)7(15-11)9-13-4-14-16-9/h2-4,7,15H,11H2,1H3,(H2,10,12)(H,13,14,16). The average Bonchev–Trinajstić information content (AvgIpc) is 2.77. The first-order valence-electron chi connectivity index (χ1n) is 4.76. The molecule has 0 amide bonds. The maximum absolute atomic E-state index is 5.84. The molecule has 2 aromatic heterocycles. The van der Waals surface area contributed by atoms with Crippen LogP contribution in [0.1, 0.15) is 23.0 Å². The second kappa shape index (κ2) is 4.25. The van der Waals surface area contributed by atoms with E-state index in [1.165, 1.54) is 6.33 Å². The normalized spacial score (nSPS) is 12.6. The van der Waals surface area contributed by atoms with Crippen LogP contribution in [0.15, 0.2) is 18.6 Å². The number of hydrogen-bond acceptors (Lipinski definition) is 6. The number of aryl methyl sites for hydroxylation is 1. The molecule has 0 aromatic carbocycles. The quantitative estimate of drug-likeness (QED) is 0.413. The largest absolute Gasteiger partial charge is 0.383 e. The van der Waals surface area contributed by atoms with Crippen molar-refractivity contribution in [1.29, 1.82) is 0 Å². The average molecular weight is 219 g/mol. The van der Waals surface area contributed by atoms with E-state index in [9.17, 15) is 0 Å². The van der Waals surface area contributed by atoms with Crippen molar-refractivity contribution in [2.45, 2.75) is 13.0 Å². The summed E-state index contributed by atoms with van der Waals surface area (Å²) in [5.41, 5.74) is 10.3. The summed E-state index contributed by atoms with van der Waals surface area (Å²) in [6.07, 6.45) is 3.07. The molecule has 2 heterocycles. The van der Waals surface area contributed by atoms with E-state index >= 15 is 0 Å². The summed E-state index contributed by atoms with van der Waals surface area (Å²) in [5.74, 6) is 6.54. The van der Waals surface area contributed by atoms with Gasteiger partial charge in [0, 0.05) is 11.8 Å². The van der Waals surface area contributed by atoms with E-state index in [0.29, 0.717) is 11.6 Å². The molecule has 2 rings (SSSR count). The van der Waals surface area contributed by atoms with Gasteiger partial charge in [-0.05, 0) is 18.6 Å². The minimum atomic E-state index is -0.337. The number of anilines is 1. The van der Waals surface area contributed by atoms with Gasteiger partial charge in [0.15, 0.2) is 0 Å². The zero-order valence-electron chi connectivity index (χ0n) is 8.81. The third kappa shape index (κ3) is 1.73. The Labute approximate surface area is 92.3 Å². The van der Waals surface area contributed by atoms with Gasteiger partial charge in [0.25, 0.3) is 0 Å². The molecule has 2 aromatic rings. The molecule has 1 atom stereocenters. The number of hydrazine groups is 1. The summed E-state index contributed by atoms with van der Waals surface area (Å²) in [6.45, 7) is 1.94. The second-order valence-electron chi connectivity index (χ2n) is 3.40. The predicted octanol–water partition coefficient (Wildman–Crippen LogP) is -0.357. The van der Waals surface area contributed by atoms with E-state index in [2.05, 4.69) is 25.6 Å². The Kier molecular flexibility index (Phi) is 2.80. The molecule has 0 saturated carbocycles. The van der Waals surface area contributed by atoms with Gasteiger partial charge in [-0.15, -0.1) is 0 Å². The number of rotatable bonds is 3. The van der Waals surface area contributed by atoms with Crippen LogP contribution >= 0.6 is 0 Å². The molecule has 84 valence electrons. The maximum atomic E-state index is 5.84. The van der Waals surface area contributed by atoms with Crippen LogP contribution in [0.2, 0.25) is 0 Å². The van der Waals surface area contributed by atoms with Crippen LogP contribution in [0.25, 0.3) is 0 Å². The van der Waals surface area contributed by atoms with Gasteiger partial charge < -0.3 is 5.73 Å². The SMILES string of the molecule is Cc1ccnc(N)c1C(NN)c1ncn[nH]1. The number of pyridine rings is 1. The number of H-pyrrole nitrogens is 1. The van der Waals surface area contributed by atoms with Gasteiger partial charge in [-0.25, -0.2) is 15.4 Å². The molecule has 0 aliphatic heterocycles. The Bertz CT molecular complexity index is 444. The van der Waals surface area contributed by atoms with Crippen molar-refractivity contribution in [3.8, 4) is 0 Å². The Hall–Kier alpha value is -1.99. The fourth-order valence-corrected chi connectivity index (χ4v) is 1.62. The molecule has 1 unspecified atom stereocenters. The fraction of sp³-hybridized carbons (Fsp3) is 0.222. The first kappa shape index (κ1) is 10.5. The van der Waals surface area contributed by atoms with Crippen LogP contribution in [0, 0.1) is 6.92 Å². The molecule has 6 N–H and O–H groups in total. The third-order valence-electron chi connectivity index (χ3n) is 2.40. The molecule has 0 aliphatic carbocycles. The summed E-state index contributed by atoms with van der Waals surface area (Å²) in [4.78, 5) is 8.09. The van der Waals surface area contributed by atoms with Gasteiger partial charge in [0.05, 0.1) is 0 Å². The monoisotopic (exact) mass is 219 g/mol. The lowest BCUT2D eigenvalue weighted by atomic mass is 10.0. The zero-order valence-corrected chi connectivity index (χ0v) is 8.81. The molecular formula is C9H13N7. The third-order valence-corrected chi connectivity index (χ3v) is 2.40. The Morgan fingerprint density at radius 2 is 2.25 bits per heavy atom. The van der Waals surface area contributed by atoms with E-state index in [1.807, 2.05) is 13.0 Å². The molecule has 7 nitrogen and oxygen atoms in total. The summed E-state index contributed by atoms with van der Waals surface area (Å²) in [5, 5.41) is 6.54. The van der Waals surface area contributed by atoms with Crippen molar-refractivity contribution in [2.75, 3.05) is 5.73 Å². The molecule has 0 fully saturated rings. The van der Waals surface area contributed by atoms with Crippen molar-refractivity contribution < 1.29 is 0 Å². The Morgan fingerprint density at radius 3 is 2.81 bits per heavy atom. The van der Waals surface area contributed by atoms with E-state index in [4.69, 9.17) is 11.6 Å². The van der Waals surface area contributed by atoms with Crippen LogP contribution in [0.4, 0.5) is 5.82 Å². The Morgan fingerprint density at radius 1 is 1.44 bits per heavy atom. The lowest BCUT2D eigenvalue weighted by Crippen LogP contribution is -2.31. The molecule has 0 radical (unpaired) electrons. The van der Waals surface area contributed by atoms with Gasteiger partial charge in [0.1, 0.15) is 24.0 Å². The van der Waals surface area contributed by atoms with E-state index in [0.717, 1.165) is 11.1 Å². The molecule has 0 bridgehead atoms. The molecule has 7 heteroatoms. The summed E-state index contributed by atoms with van der Waals surface area (Å²) >= 11 is 0.